The molecule has 1 aliphatic carbocycles. The highest BCUT2D eigenvalue weighted by molar-refractivity contribution is 5.75. The first-order valence-electron chi connectivity index (χ1n) is 14.3. The molecule has 206 valence electrons. The Balaban J connectivity index is 1.10. The second-order valence-corrected chi connectivity index (χ2v) is 11.3. The van der Waals surface area contributed by atoms with Gasteiger partial charge in [-0.2, -0.15) is 0 Å². The third-order valence-corrected chi connectivity index (χ3v) is 8.61. The minimum absolute atomic E-state index is 0.136. The monoisotopic (exact) mass is 535 g/mol. The van der Waals surface area contributed by atoms with Crippen LogP contribution in [0, 0.1) is 17.3 Å². The number of benzene rings is 1. The van der Waals surface area contributed by atoms with Gasteiger partial charge in [0.2, 0.25) is 0 Å². The van der Waals surface area contributed by atoms with E-state index in [1.807, 2.05) is 36.5 Å². The molecular formula is C32H37N7O. The summed E-state index contributed by atoms with van der Waals surface area (Å²) in [4.78, 5) is 11.4. The van der Waals surface area contributed by atoms with E-state index in [2.05, 4.69) is 55.2 Å². The van der Waals surface area contributed by atoms with Gasteiger partial charge in [-0.05, 0) is 61.4 Å². The molecule has 2 aliphatic heterocycles. The lowest BCUT2D eigenvalue weighted by atomic mass is 9.69. The number of nitrogens with two attached hydrogens (primary N) is 1. The molecule has 2 saturated heterocycles. The summed E-state index contributed by atoms with van der Waals surface area (Å²) in [5.74, 6) is 7.14. The second kappa shape index (κ2) is 10.8. The van der Waals surface area contributed by atoms with Gasteiger partial charge in [-0.25, -0.2) is 4.98 Å². The molecule has 1 unspecified atom stereocenters. The summed E-state index contributed by atoms with van der Waals surface area (Å²) >= 11 is 0. The number of likely N-dealkylation sites (N-methyl/N-ethyl adjacent to an activating group) is 1. The first-order chi connectivity index (χ1) is 19.5. The van der Waals surface area contributed by atoms with Crippen LogP contribution in [0.15, 0.2) is 60.9 Å². The largest absolute Gasteiger partial charge is 0.507 e. The van der Waals surface area contributed by atoms with Crippen LogP contribution in [0.2, 0.25) is 0 Å². The van der Waals surface area contributed by atoms with E-state index < -0.39 is 0 Å². The second-order valence-electron chi connectivity index (χ2n) is 11.3. The molecule has 0 radical (unpaired) electrons. The van der Waals surface area contributed by atoms with Crippen molar-refractivity contribution in [3.63, 3.8) is 0 Å². The number of hydrogen-bond donors (Lipinski definition) is 2. The highest BCUT2D eigenvalue weighted by Gasteiger charge is 2.43. The van der Waals surface area contributed by atoms with Crippen molar-refractivity contribution in [1.82, 2.24) is 20.1 Å². The van der Waals surface area contributed by atoms with E-state index in [1.54, 1.807) is 12.1 Å². The number of nitrogen functional groups attached to an aromatic ring is 1. The number of aromatic hydroxyl groups is 1. The van der Waals surface area contributed by atoms with Gasteiger partial charge in [-0.3, -0.25) is 4.90 Å². The molecule has 1 aromatic carbocycles. The Labute approximate surface area is 236 Å². The number of hydrogen-bond acceptors (Lipinski definition) is 8. The summed E-state index contributed by atoms with van der Waals surface area (Å²) in [5.41, 5.74) is 11.7. The van der Waals surface area contributed by atoms with Gasteiger partial charge in [0, 0.05) is 49.3 Å². The summed E-state index contributed by atoms with van der Waals surface area (Å²) in [6.07, 6.45) is 8.78. The Morgan fingerprint density at radius 3 is 2.70 bits per heavy atom. The molecule has 2 aromatic heterocycles. The number of anilines is 3. The third-order valence-electron chi connectivity index (χ3n) is 8.61. The quantitative estimate of drug-likeness (QED) is 0.333. The molecule has 3 N–H and O–H groups in total. The summed E-state index contributed by atoms with van der Waals surface area (Å²) in [5, 5.41) is 18.7. The van der Waals surface area contributed by atoms with Crippen LogP contribution < -0.4 is 15.5 Å². The van der Waals surface area contributed by atoms with Gasteiger partial charge in [0.25, 0.3) is 0 Å². The lowest BCUT2D eigenvalue weighted by Gasteiger charge is -2.52. The average molecular weight is 536 g/mol. The van der Waals surface area contributed by atoms with Gasteiger partial charge in [0.1, 0.15) is 11.4 Å². The van der Waals surface area contributed by atoms with Crippen molar-refractivity contribution >= 4 is 17.2 Å². The number of nitrogens with zero attached hydrogens (tertiary/aromatic N) is 6. The first kappa shape index (κ1) is 26.1. The van der Waals surface area contributed by atoms with Crippen molar-refractivity contribution in [2.75, 3.05) is 48.3 Å². The van der Waals surface area contributed by atoms with Crippen LogP contribution in [0.4, 0.5) is 17.2 Å². The van der Waals surface area contributed by atoms with Crippen molar-refractivity contribution in [3.05, 3.63) is 66.6 Å². The maximum absolute atomic E-state index is 10.3. The molecule has 40 heavy (non-hydrogen) atoms. The molecule has 1 atom stereocenters. The zero-order chi connectivity index (χ0) is 27.7. The molecule has 0 amide bonds. The van der Waals surface area contributed by atoms with Crippen LogP contribution in [-0.2, 0) is 0 Å². The summed E-state index contributed by atoms with van der Waals surface area (Å²) in [6, 6.07) is 13.2. The average Bonchev–Trinajstić information content (AvgIpc) is 3.60. The number of rotatable bonds is 7. The molecule has 8 heteroatoms. The number of likely N-dealkylation sites (tertiary alicyclic amines) is 1. The predicted octanol–water partition coefficient (Wildman–Crippen LogP) is 4.67. The zero-order valence-electron chi connectivity index (χ0n) is 23.2. The molecule has 6 rings (SSSR count). The highest BCUT2D eigenvalue weighted by atomic mass is 16.3. The van der Waals surface area contributed by atoms with Crippen molar-refractivity contribution in [3.8, 4) is 28.8 Å². The van der Waals surface area contributed by atoms with E-state index in [4.69, 9.17) is 5.73 Å². The predicted molar refractivity (Wildman–Crippen MR) is 160 cm³/mol. The third kappa shape index (κ3) is 5.22. The van der Waals surface area contributed by atoms with Crippen molar-refractivity contribution in [2.45, 2.75) is 45.1 Å². The topological polar surface area (TPSA) is 94.4 Å². The Morgan fingerprint density at radius 2 is 1.93 bits per heavy atom. The number of aromatic nitrogens is 3. The Kier molecular flexibility index (Phi) is 7.07. The Morgan fingerprint density at radius 1 is 1.12 bits per heavy atom. The van der Waals surface area contributed by atoms with Gasteiger partial charge < -0.3 is 20.6 Å². The molecule has 8 nitrogen and oxygen atoms in total. The van der Waals surface area contributed by atoms with Crippen LogP contribution in [0.5, 0.6) is 5.75 Å². The fraction of sp³-hybridized carbons (Fsp3) is 0.406. The molecule has 4 heterocycles. The van der Waals surface area contributed by atoms with E-state index in [0.717, 1.165) is 35.9 Å². The number of phenols is 1. The van der Waals surface area contributed by atoms with Crippen LogP contribution in [0.25, 0.3) is 11.3 Å². The van der Waals surface area contributed by atoms with E-state index in [0.29, 0.717) is 29.0 Å². The van der Waals surface area contributed by atoms with E-state index in [1.165, 1.54) is 45.2 Å². The lowest BCUT2D eigenvalue weighted by molar-refractivity contribution is -0.0185. The van der Waals surface area contributed by atoms with Gasteiger partial charge in [0.05, 0.1) is 24.0 Å². The van der Waals surface area contributed by atoms with Crippen LogP contribution in [0.1, 0.15) is 44.7 Å². The molecule has 1 saturated carbocycles. The minimum atomic E-state index is 0.136. The van der Waals surface area contributed by atoms with E-state index in [-0.39, 0.29) is 11.8 Å². The van der Waals surface area contributed by atoms with Gasteiger partial charge >= 0.3 is 0 Å². The van der Waals surface area contributed by atoms with Gasteiger partial charge in [-0.1, -0.05) is 43.9 Å². The standard InChI is InChI=1S/C32H37N7O/c1-3-38(28-19-27(35-36-31(28)33)26-11-5-6-12-30(26)40)20-29-23(2)39(29)25-13-16-34-24(18-25)10-9-17-37-21-32(22-37)14-7-4-8-15-32/h5-6,11-13,16,18-19,29,40H,2-4,7-8,14-15,17,20-22H2,1H3,(H2,33,36). The fourth-order valence-corrected chi connectivity index (χ4v) is 6.40. The Bertz CT molecular complexity index is 1460. The van der Waals surface area contributed by atoms with Crippen LogP contribution >= 0.6 is 0 Å². The summed E-state index contributed by atoms with van der Waals surface area (Å²) in [6.45, 7) is 11.0. The maximum Gasteiger partial charge on any atom is 0.169 e. The van der Waals surface area contributed by atoms with Crippen LogP contribution in [0.3, 0.4) is 0 Å². The van der Waals surface area contributed by atoms with Crippen molar-refractivity contribution in [2.24, 2.45) is 5.41 Å². The number of pyridine rings is 1. The normalized spacial score (nSPS) is 19.6. The first-order valence-corrected chi connectivity index (χ1v) is 14.3. The summed E-state index contributed by atoms with van der Waals surface area (Å²) < 4.78 is 0. The number of phenolic OH excluding ortho intramolecular Hbond substituents is 1. The molecule has 3 aliphatic rings. The fourth-order valence-electron chi connectivity index (χ4n) is 6.40. The zero-order valence-corrected chi connectivity index (χ0v) is 23.2. The summed E-state index contributed by atoms with van der Waals surface area (Å²) in [7, 11) is 0. The molecular weight excluding hydrogens is 498 g/mol. The smallest absolute Gasteiger partial charge is 0.169 e. The Hall–Kier alpha value is -4.09. The lowest BCUT2D eigenvalue weighted by Crippen LogP contribution is -2.56. The van der Waals surface area contributed by atoms with Crippen molar-refractivity contribution in [1.29, 1.82) is 0 Å². The molecule has 3 fully saturated rings. The van der Waals surface area contributed by atoms with Crippen LogP contribution in [-0.4, -0.2) is 64.0 Å². The van der Waals surface area contributed by atoms with Crippen molar-refractivity contribution < 1.29 is 5.11 Å². The van der Waals surface area contributed by atoms with Gasteiger partial charge in [-0.15, -0.1) is 10.2 Å². The minimum Gasteiger partial charge on any atom is -0.507 e. The SMILES string of the molecule is C=C1C(CN(CC)c2cc(-c3ccccc3O)nnc2N)N1c1ccnc(C#CCN2CC3(CCCCC3)C2)c1. The molecule has 1 spiro atoms. The number of para-hydroxylation sites is 1. The maximum atomic E-state index is 10.3. The van der Waals surface area contributed by atoms with E-state index in [9.17, 15) is 5.11 Å². The molecule has 3 aromatic rings. The van der Waals surface area contributed by atoms with Gasteiger partial charge in [0.15, 0.2) is 5.82 Å². The van der Waals surface area contributed by atoms with E-state index >= 15 is 0 Å². The highest BCUT2D eigenvalue weighted by Crippen LogP contribution is 2.43. The molecule has 0 bridgehead atoms.